The third kappa shape index (κ3) is 1.64. The molecule has 0 saturated carbocycles. The predicted octanol–water partition coefficient (Wildman–Crippen LogP) is 1.66. The number of para-hydroxylation sites is 1. The second-order valence-corrected chi connectivity index (χ2v) is 3.12. The molecule has 0 saturated heterocycles. The monoisotopic (exact) mass is 208 g/mol. The van der Waals surface area contributed by atoms with E-state index in [1.165, 1.54) is 0 Å². The Morgan fingerprint density at radius 2 is 2.20 bits per heavy atom. The van der Waals surface area contributed by atoms with Crippen LogP contribution in [0.15, 0.2) is 30.2 Å². The summed E-state index contributed by atoms with van der Waals surface area (Å²) in [6.07, 6.45) is -1.16. The summed E-state index contributed by atoms with van der Waals surface area (Å²) in [5.41, 5.74) is 0.948. The van der Waals surface area contributed by atoms with E-state index >= 15 is 0 Å². The molecule has 2 rings (SSSR count). The first-order valence-electron chi connectivity index (χ1n) is 4.74. The zero-order valence-corrected chi connectivity index (χ0v) is 8.30. The van der Waals surface area contributed by atoms with Crippen molar-refractivity contribution in [3.05, 3.63) is 35.8 Å². The summed E-state index contributed by atoms with van der Waals surface area (Å²) in [4.78, 5) is 0. The molecule has 0 radical (unpaired) electrons. The van der Waals surface area contributed by atoms with Gasteiger partial charge in [-0.05, 0) is 13.0 Å². The highest BCUT2D eigenvalue weighted by Crippen LogP contribution is 2.37. The molecular weight excluding hydrogens is 196 g/mol. The number of benzene rings is 1. The fraction of sp³-hybridized carbons (Fsp3) is 0.273. The van der Waals surface area contributed by atoms with E-state index in [0.29, 0.717) is 17.9 Å². The first-order chi connectivity index (χ1) is 7.24. The lowest BCUT2D eigenvalue weighted by molar-refractivity contribution is 0.0334. The van der Waals surface area contributed by atoms with Crippen molar-refractivity contribution in [3.8, 4) is 5.75 Å². The van der Waals surface area contributed by atoms with Crippen molar-refractivity contribution in [2.24, 2.45) is 0 Å². The smallest absolute Gasteiger partial charge is 0.287 e. The summed E-state index contributed by atoms with van der Waals surface area (Å²) in [6.45, 7) is 2.09. The van der Waals surface area contributed by atoms with Gasteiger partial charge in [-0.3, -0.25) is 0 Å². The molecule has 1 heterocycles. The van der Waals surface area contributed by atoms with Crippen LogP contribution < -0.4 is 4.74 Å². The van der Waals surface area contributed by atoms with Gasteiger partial charge in [0.25, 0.3) is 5.95 Å². The number of fused-ring (bicyclic) bond motifs is 1. The van der Waals surface area contributed by atoms with E-state index in [4.69, 9.17) is 9.47 Å². The first kappa shape index (κ1) is 9.86. The molecule has 0 amide bonds. The minimum absolute atomic E-state index is 0.282. The highest BCUT2D eigenvalue weighted by Gasteiger charge is 2.30. The Labute approximate surface area is 87.4 Å². The van der Waals surface area contributed by atoms with E-state index in [0.717, 1.165) is 0 Å². The lowest BCUT2D eigenvalue weighted by atomic mass is 10.1. The Kier molecular flexibility index (Phi) is 2.51. The second-order valence-electron chi connectivity index (χ2n) is 3.12. The maximum absolute atomic E-state index is 9.59. The van der Waals surface area contributed by atoms with Gasteiger partial charge in [-0.2, -0.15) is 0 Å². The van der Waals surface area contributed by atoms with E-state index in [9.17, 15) is 10.2 Å². The summed E-state index contributed by atoms with van der Waals surface area (Å²) in [5.74, 6) is 0.265. The first-order valence-corrected chi connectivity index (χ1v) is 4.74. The molecule has 0 aliphatic carbocycles. The maximum atomic E-state index is 9.59. The summed E-state index contributed by atoms with van der Waals surface area (Å²) in [7, 11) is 0. The lowest BCUT2D eigenvalue weighted by Crippen LogP contribution is -2.12. The fourth-order valence-electron chi connectivity index (χ4n) is 1.54. The predicted molar refractivity (Wildman–Crippen MR) is 54.3 cm³/mol. The molecular formula is C11H12O4. The molecule has 15 heavy (non-hydrogen) atoms. The Hall–Kier alpha value is -1.68. The molecule has 0 bridgehead atoms. The third-order valence-corrected chi connectivity index (χ3v) is 2.17. The molecule has 1 aromatic rings. The maximum Gasteiger partial charge on any atom is 0.287 e. The minimum atomic E-state index is -1.16. The quantitative estimate of drug-likeness (QED) is 0.726. The van der Waals surface area contributed by atoms with Gasteiger partial charge in [0.15, 0.2) is 0 Å². The molecule has 1 aromatic carbocycles. The van der Waals surface area contributed by atoms with Crippen LogP contribution in [-0.2, 0) is 4.74 Å². The zero-order chi connectivity index (χ0) is 10.8. The van der Waals surface area contributed by atoms with Crippen LogP contribution in [0.5, 0.6) is 5.75 Å². The van der Waals surface area contributed by atoms with E-state index in [1.807, 2.05) is 0 Å². The van der Waals surface area contributed by atoms with E-state index in [1.54, 1.807) is 31.2 Å². The van der Waals surface area contributed by atoms with Crippen LogP contribution in [0.3, 0.4) is 0 Å². The van der Waals surface area contributed by atoms with Crippen molar-refractivity contribution in [2.75, 3.05) is 6.61 Å². The Bertz CT molecular complexity index is 397. The van der Waals surface area contributed by atoms with Crippen LogP contribution in [0, 0.1) is 0 Å². The van der Waals surface area contributed by atoms with Crippen LogP contribution >= 0.6 is 0 Å². The molecule has 0 aromatic heterocycles. The van der Waals surface area contributed by atoms with Crippen molar-refractivity contribution in [2.45, 2.75) is 13.2 Å². The molecule has 0 spiro atoms. The van der Waals surface area contributed by atoms with Gasteiger partial charge in [0, 0.05) is 5.56 Å². The Morgan fingerprint density at radius 3 is 2.93 bits per heavy atom. The van der Waals surface area contributed by atoms with Gasteiger partial charge in [-0.25, -0.2) is 0 Å². The normalized spacial score (nSPS) is 21.9. The van der Waals surface area contributed by atoms with Crippen LogP contribution in [0.25, 0.3) is 5.57 Å². The van der Waals surface area contributed by atoms with Gasteiger partial charge in [0.05, 0.1) is 6.61 Å². The molecule has 4 heteroatoms. The van der Waals surface area contributed by atoms with Crippen molar-refractivity contribution < 1.29 is 19.7 Å². The highest BCUT2D eigenvalue weighted by molar-refractivity contribution is 5.76. The molecule has 2 N–H and O–H groups in total. The number of rotatable bonds is 2. The van der Waals surface area contributed by atoms with Gasteiger partial charge in [0.2, 0.25) is 6.29 Å². The van der Waals surface area contributed by atoms with Crippen molar-refractivity contribution in [1.82, 2.24) is 0 Å². The van der Waals surface area contributed by atoms with Crippen molar-refractivity contribution in [1.29, 1.82) is 0 Å². The fourth-order valence-corrected chi connectivity index (χ4v) is 1.54. The molecule has 80 valence electrons. The van der Waals surface area contributed by atoms with Gasteiger partial charge in [0.1, 0.15) is 11.3 Å². The van der Waals surface area contributed by atoms with E-state index in [2.05, 4.69) is 0 Å². The Balaban J connectivity index is 2.46. The standard InChI is InChI=1S/C11H12O4/c1-2-14-10(12)9-7-5-3-4-6-8(7)15-11(9)13/h3-6,11-13H,2H2,1H3/b10-9-. The third-order valence-electron chi connectivity index (χ3n) is 2.17. The van der Waals surface area contributed by atoms with Gasteiger partial charge in [-0.15, -0.1) is 0 Å². The average Bonchev–Trinajstić information content (AvgIpc) is 2.54. The summed E-state index contributed by atoms with van der Waals surface area (Å²) in [5, 5.41) is 19.2. The van der Waals surface area contributed by atoms with Gasteiger partial charge in [-0.1, -0.05) is 18.2 Å². The van der Waals surface area contributed by atoms with Gasteiger partial charge < -0.3 is 19.7 Å². The van der Waals surface area contributed by atoms with Crippen LogP contribution in [0.4, 0.5) is 0 Å². The molecule has 4 nitrogen and oxygen atoms in total. The largest absolute Gasteiger partial charge is 0.481 e. The topological polar surface area (TPSA) is 58.9 Å². The molecule has 1 aliphatic rings. The number of hydrogen-bond donors (Lipinski definition) is 2. The number of aliphatic hydroxyl groups excluding tert-OH is 2. The van der Waals surface area contributed by atoms with Crippen molar-refractivity contribution in [3.63, 3.8) is 0 Å². The van der Waals surface area contributed by atoms with Crippen molar-refractivity contribution >= 4 is 5.57 Å². The highest BCUT2D eigenvalue weighted by atomic mass is 16.6. The number of hydrogen-bond acceptors (Lipinski definition) is 4. The zero-order valence-electron chi connectivity index (χ0n) is 8.30. The van der Waals surface area contributed by atoms with E-state index < -0.39 is 6.29 Å². The molecule has 1 aliphatic heterocycles. The summed E-state index contributed by atoms with van der Waals surface area (Å²) in [6, 6.07) is 7.09. The molecule has 0 fully saturated rings. The molecule has 1 atom stereocenters. The van der Waals surface area contributed by atoms with E-state index in [-0.39, 0.29) is 11.5 Å². The Morgan fingerprint density at radius 1 is 1.47 bits per heavy atom. The van der Waals surface area contributed by atoms with Gasteiger partial charge >= 0.3 is 0 Å². The number of ether oxygens (including phenoxy) is 2. The SMILES string of the molecule is CCO/C(O)=C1/c2ccccc2OC1O. The second kappa shape index (κ2) is 3.82. The molecule has 1 unspecified atom stereocenters. The van der Waals surface area contributed by atoms with Crippen LogP contribution in [0.2, 0.25) is 0 Å². The lowest BCUT2D eigenvalue weighted by Gasteiger charge is -2.07. The number of aliphatic hydroxyl groups is 2. The minimum Gasteiger partial charge on any atom is -0.481 e. The summed E-state index contributed by atoms with van der Waals surface area (Å²) < 4.78 is 10.1. The average molecular weight is 208 g/mol. The summed E-state index contributed by atoms with van der Waals surface area (Å²) >= 11 is 0. The van der Waals surface area contributed by atoms with Crippen LogP contribution in [-0.4, -0.2) is 23.1 Å². The van der Waals surface area contributed by atoms with Crippen LogP contribution in [0.1, 0.15) is 12.5 Å².